The third-order valence-electron chi connectivity index (χ3n) is 4.29. The van der Waals surface area contributed by atoms with Crippen LogP contribution in [-0.2, 0) is 21.4 Å². The van der Waals surface area contributed by atoms with Gasteiger partial charge in [-0.1, -0.05) is 41.9 Å². The predicted molar refractivity (Wildman–Crippen MR) is 121 cm³/mol. The van der Waals surface area contributed by atoms with E-state index in [0.29, 0.717) is 0 Å². The molecule has 0 aliphatic rings. The largest absolute Gasteiger partial charge is 0.350 e. The molecule has 7 nitrogen and oxygen atoms in total. The van der Waals surface area contributed by atoms with Gasteiger partial charge in [0.1, 0.15) is 4.90 Å². The Bertz CT molecular complexity index is 1030. The standard InChI is InChI=1S/C22H28ClN3O4S/c1-5-26(15-20(27)25-22(2,3)4)21(28)17-11-12-18(23)19(13-17)31(29,30)24-14-16-9-7-6-8-10-16/h6-13,24H,5,14-15H2,1-4H3,(H,25,27). The van der Waals surface area contributed by atoms with E-state index in [4.69, 9.17) is 11.6 Å². The second kappa shape index (κ2) is 10.3. The SMILES string of the molecule is CCN(CC(=O)NC(C)(C)C)C(=O)c1ccc(Cl)c(S(=O)(=O)NCc2ccccc2)c1. The van der Waals surface area contributed by atoms with Crippen LogP contribution >= 0.6 is 11.6 Å². The summed E-state index contributed by atoms with van der Waals surface area (Å²) in [7, 11) is -3.96. The van der Waals surface area contributed by atoms with Crippen LogP contribution in [0.4, 0.5) is 0 Å². The molecule has 0 atom stereocenters. The molecule has 0 aromatic heterocycles. The Morgan fingerprint density at radius 1 is 1.06 bits per heavy atom. The minimum Gasteiger partial charge on any atom is -0.350 e. The van der Waals surface area contributed by atoms with E-state index in [-0.39, 0.29) is 41.0 Å². The van der Waals surface area contributed by atoms with Gasteiger partial charge in [-0.2, -0.15) is 0 Å². The highest BCUT2D eigenvalue weighted by atomic mass is 35.5. The summed E-state index contributed by atoms with van der Waals surface area (Å²) in [6.45, 7) is 7.53. The molecule has 0 unspecified atom stereocenters. The normalized spacial score (nSPS) is 11.8. The van der Waals surface area contributed by atoms with Crippen molar-refractivity contribution in [2.24, 2.45) is 0 Å². The van der Waals surface area contributed by atoms with Gasteiger partial charge in [0, 0.05) is 24.2 Å². The molecule has 0 heterocycles. The molecule has 0 bridgehead atoms. The Kier molecular flexibility index (Phi) is 8.22. The smallest absolute Gasteiger partial charge is 0.254 e. The highest BCUT2D eigenvalue weighted by Crippen LogP contribution is 2.23. The first-order valence-electron chi connectivity index (χ1n) is 9.86. The summed E-state index contributed by atoms with van der Waals surface area (Å²) in [6.07, 6.45) is 0. The van der Waals surface area contributed by atoms with Crippen LogP contribution in [-0.4, -0.2) is 43.8 Å². The lowest BCUT2D eigenvalue weighted by molar-refractivity contribution is -0.123. The van der Waals surface area contributed by atoms with E-state index >= 15 is 0 Å². The van der Waals surface area contributed by atoms with Gasteiger partial charge in [0.15, 0.2) is 0 Å². The number of amides is 2. The summed E-state index contributed by atoms with van der Waals surface area (Å²) in [6, 6.07) is 13.1. The Morgan fingerprint density at radius 2 is 1.71 bits per heavy atom. The number of benzene rings is 2. The molecule has 2 rings (SSSR count). The van der Waals surface area contributed by atoms with Crippen LogP contribution in [0.1, 0.15) is 43.6 Å². The van der Waals surface area contributed by atoms with E-state index in [2.05, 4.69) is 10.0 Å². The number of nitrogens with one attached hydrogen (secondary N) is 2. The van der Waals surface area contributed by atoms with Gasteiger partial charge in [-0.3, -0.25) is 9.59 Å². The van der Waals surface area contributed by atoms with E-state index in [1.165, 1.54) is 23.1 Å². The number of carbonyl (C=O) groups excluding carboxylic acids is 2. The number of nitrogens with zero attached hydrogens (tertiary/aromatic N) is 1. The zero-order chi connectivity index (χ0) is 23.2. The zero-order valence-electron chi connectivity index (χ0n) is 18.1. The van der Waals surface area contributed by atoms with Crippen LogP contribution in [0.25, 0.3) is 0 Å². The Hall–Kier alpha value is -2.42. The third-order valence-corrected chi connectivity index (χ3v) is 6.18. The van der Waals surface area contributed by atoms with Gasteiger partial charge in [-0.25, -0.2) is 13.1 Å². The number of halogens is 1. The molecule has 31 heavy (non-hydrogen) atoms. The Labute approximate surface area is 188 Å². The number of carbonyl (C=O) groups is 2. The molecule has 2 aromatic carbocycles. The van der Waals surface area contributed by atoms with Crippen LogP contribution in [0.2, 0.25) is 5.02 Å². The predicted octanol–water partition coefficient (Wildman–Crippen LogP) is 3.20. The van der Waals surface area contributed by atoms with Crippen molar-refractivity contribution in [3.8, 4) is 0 Å². The molecule has 0 fully saturated rings. The van der Waals surface area contributed by atoms with Crippen molar-refractivity contribution in [1.29, 1.82) is 0 Å². The van der Waals surface area contributed by atoms with E-state index in [9.17, 15) is 18.0 Å². The van der Waals surface area contributed by atoms with Crippen molar-refractivity contribution in [3.63, 3.8) is 0 Å². The van der Waals surface area contributed by atoms with Crippen LogP contribution in [0.5, 0.6) is 0 Å². The second-order valence-corrected chi connectivity index (χ2v) is 10.2. The van der Waals surface area contributed by atoms with E-state index in [1.54, 1.807) is 19.1 Å². The fourth-order valence-corrected chi connectivity index (χ4v) is 4.38. The third kappa shape index (κ3) is 7.34. The van der Waals surface area contributed by atoms with Crippen LogP contribution in [0, 0.1) is 0 Å². The molecule has 9 heteroatoms. The van der Waals surface area contributed by atoms with E-state index in [0.717, 1.165) is 5.56 Å². The lowest BCUT2D eigenvalue weighted by Gasteiger charge is -2.25. The summed E-state index contributed by atoms with van der Waals surface area (Å²) in [5.41, 5.74) is 0.497. The molecule has 0 aliphatic heterocycles. The molecule has 2 N–H and O–H groups in total. The first-order chi connectivity index (χ1) is 14.4. The van der Waals surface area contributed by atoms with Crippen molar-refractivity contribution in [3.05, 3.63) is 64.7 Å². The zero-order valence-corrected chi connectivity index (χ0v) is 19.7. The lowest BCUT2D eigenvalue weighted by Crippen LogP contribution is -2.47. The summed E-state index contributed by atoms with van der Waals surface area (Å²) in [4.78, 5) is 26.3. The van der Waals surface area contributed by atoms with Gasteiger partial charge in [-0.15, -0.1) is 0 Å². The van der Waals surface area contributed by atoms with Gasteiger partial charge in [0.25, 0.3) is 5.91 Å². The lowest BCUT2D eigenvalue weighted by atomic mass is 10.1. The van der Waals surface area contributed by atoms with Gasteiger partial charge in [0.2, 0.25) is 15.9 Å². The number of hydrogen-bond donors (Lipinski definition) is 2. The molecule has 168 valence electrons. The first-order valence-corrected chi connectivity index (χ1v) is 11.7. The van der Waals surface area contributed by atoms with Crippen LogP contribution in [0.15, 0.2) is 53.4 Å². The fourth-order valence-electron chi connectivity index (χ4n) is 2.84. The van der Waals surface area contributed by atoms with Crippen molar-refractivity contribution < 1.29 is 18.0 Å². The molecule has 0 spiro atoms. The Morgan fingerprint density at radius 3 is 2.29 bits per heavy atom. The van der Waals surface area contributed by atoms with Gasteiger partial charge in [0.05, 0.1) is 11.6 Å². The molecule has 2 aromatic rings. The number of rotatable bonds is 8. The maximum atomic E-state index is 12.9. The highest BCUT2D eigenvalue weighted by Gasteiger charge is 2.24. The van der Waals surface area contributed by atoms with Gasteiger partial charge in [-0.05, 0) is 51.5 Å². The average Bonchev–Trinajstić information content (AvgIpc) is 2.70. The second-order valence-electron chi connectivity index (χ2n) is 8.07. The minimum atomic E-state index is -3.96. The maximum absolute atomic E-state index is 12.9. The van der Waals surface area contributed by atoms with Crippen molar-refractivity contribution in [1.82, 2.24) is 14.9 Å². The van der Waals surface area contributed by atoms with E-state index in [1.807, 2.05) is 39.0 Å². The summed E-state index contributed by atoms with van der Waals surface area (Å²) in [5, 5.41) is 2.81. The molecular formula is C22H28ClN3O4S. The highest BCUT2D eigenvalue weighted by molar-refractivity contribution is 7.89. The monoisotopic (exact) mass is 465 g/mol. The molecule has 0 aliphatic carbocycles. The fraction of sp³-hybridized carbons (Fsp3) is 0.364. The summed E-state index contributed by atoms with van der Waals surface area (Å²) >= 11 is 6.13. The molecule has 0 saturated carbocycles. The van der Waals surface area contributed by atoms with Gasteiger partial charge >= 0.3 is 0 Å². The van der Waals surface area contributed by atoms with Crippen molar-refractivity contribution in [2.45, 2.75) is 44.7 Å². The summed E-state index contributed by atoms with van der Waals surface area (Å²) in [5.74, 6) is -0.753. The van der Waals surface area contributed by atoms with E-state index < -0.39 is 21.5 Å². The Balaban J connectivity index is 2.21. The minimum absolute atomic E-state index is 0.00522. The summed E-state index contributed by atoms with van der Waals surface area (Å²) < 4.78 is 28.1. The van der Waals surface area contributed by atoms with Gasteiger partial charge < -0.3 is 10.2 Å². The molecule has 0 radical (unpaired) electrons. The van der Waals surface area contributed by atoms with Crippen LogP contribution < -0.4 is 10.0 Å². The maximum Gasteiger partial charge on any atom is 0.254 e. The molecule has 2 amide bonds. The molecular weight excluding hydrogens is 438 g/mol. The van der Waals surface area contributed by atoms with Crippen molar-refractivity contribution >= 4 is 33.4 Å². The molecule has 0 saturated heterocycles. The number of hydrogen-bond acceptors (Lipinski definition) is 4. The number of likely N-dealkylation sites (N-methyl/N-ethyl adjacent to an activating group) is 1. The quantitative estimate of drug-likeness (QED) is 0.625. The van der Waals surface area contributed by atoms with Crippen LogP contribution in [0.3, 0.4) is 0 Å². The number of sulfonamides is 1. The topological polar surface area (TPSA) is 95.6 Å². The average molecular weight is 466 g/mol. The first kappa shape index (κ1) is 24.8. The van der Waals surface area contributed by atoms with Crippen molar-refractivity contribution in [2.75, 3.05) is 13.1 Å².